The fourth-order valence-corrected chi connectivity index (χ4v) is 0.574. The highest BCUT2D eigenvalue weighted by molar-refractivity contribution is 9.11. The van der Waals surface area contributed by atoms with Crippen molar-refractivity contribution in [2.24, 2.45) is 0 Å². The maximum atomic E-state index is 5.02. The third kappa shape index (κ3) is 10.1. The van der Waals surface area contributed by atoms with E-state index < -0.39 is 0 Å². The van der Waals surface area contributed by atoms with Gasteiger partial charge in [-0.3, -0.25) is 0 Å². The number of hydrogen-bond donors (Lipinski definition) is 0. The SMILES string of the molecule is C=C(Br)COCOCCOC. The highest BCUT2D eigenvalue weighted by Crippen LogP contribution is 1.99. The molecule has 0 N–H and O–H groups in total. The first-order valence-electron chi connectivity index (χ1n) is 3.25. The van der Waals surface area contributed by atoms with E-state index in [1.807, 2.05) is 0 Å². The average molecular weight is 225 g/mol. The van der Waals surface area contributed by atoms with Crippen LogP contribution in [0.15, 0.2) is 11.1 Å². The Morgan fingerprint density at radius 3 is 2.64 bits per heavy atom. The van der Waals surface area contributed by atoms with Crippen LogP contribution in [-0.4, -0.2) is 33.7 Å². The van der Waals surface area contributed by atoms with E-state index in [-0.39, 0.29) is 6.79 Å². The minimum absolute atomic E-state index is 0.286. The van der Waals surface area contributed by atoms with Crippen LogP contribution in [0.1, 0.15) is 0 Å². The zero-order chi connectivity index (χ0) is 8.53. The van der Waals surface area contributed by atoms with Crippen molar-refractivity contribution in [3.8, 4) is 0 Å². The van der Waals surface area contributed by atoms with Crippen molar-refractivity contribution in [1.82, 2.24) is 0 Å². The first-order chi connectivity index (χ1) is 5.27. The van der Waals surface area contributed by atoms with E-state index in [1.165, 1.54) is 0 Å². The van der Waals surface area contributed by atoms with E-state index in [0.717, 1.165) is 4.48 Å². The molecule has 0 spiro atoms. The second-order valence-corrected chi connectivity index (χ2v) is 3.01. The maximum Gasteiger partial charge on any atom is 0.147 e. The van der Waals surface area contributed by atoms with Gasteiger partial charge in [-0.2, -0.15) is 0 Å². The molecule has 11 heavy (non-hydrogen) atoms. The van der Waals surface area contributed by atoms with Crippen molar-refractivity contribution < 1.29 is 14.2 Å². The van der Waals surface area contributed by atoms with Gasteiger partial charge in [-0.25, -0.2) is 0 Å². The Labute approximate surface area is 75.4 Å². The van der Waals surface area contributed by atoms with Gasteiger partial charge in [0, 0.05) is 11.6 Å². The molecule has 0 saturated heterocycles. The summed E-state index contributed by atoms with van der Waals surface area (Å²) in [5, 5.41) is 0. The lowest BCUT2D eigenvalue weighted by atomic mass is 10.7. The summed E-state index contributed by atoms with van der Waals surface area (Å²) < 4.78 is 15.6. The Balaban J connectivity index is 2.85. The molecule has 0 bridgehead atoms. The highest BCUT2D eigenvalue weighted by atomic mass is 79.9. The summed E-state index contributed by atoms with van der Waals surface area (Å²) >= 11 is 3.16. The van der Waals surface area contributed by atoms with Crippen molar-refractivity contribution in [3.05, 3.63) is 11.1 Å². The van der Waals surface area contributed by atoms with Gasteiger partial charge < -0.3 is 14.2 Å². The summed E-state index contributed by atoms with van der Waals surface area (Å²) in [4.78, 5) is 0. The van der Waals surface area contributed by atoms with Crippen molar-refractivity contribution in [2.45, 2.75) is 0 Å². The van der Waals surface area contributed by atoms with E-state index in [1.54, 1.807) is 7.11 Å². The minimum Gasteiger partial charge on any atom is -0.382 e. The van der Waals surface area contributed by atoms with Crippen LogP contribution in [0.4, 0.5) is 0 Å². The number of ether oxygens (including phenoxy) is 3. The maximum absolute atomic E-state index is 5.02. The molecule has 3 nitrogen and oxygen atoms in total. The standard InChI is InChI=1S/C7H13BrO3/c1-7(8)5-11-6-10-4-3-9-2/h1,3-6H2,2H3. The predicted octanol–water partition coefficient (Wildman–Crippen LogP) is 1.53. The Morgan fingerprint density at radius 1 is 1.36 bits per heavy atom. The molecule has 0 aromatic carbocycles. The molecule has 66 valence electrons. The Morgan fingerprint density at radius 2 is 2.09 bits per heavy atom. The van der Waals surface area contributed by atoms with Gasteiger partial charge in [0.1, 0.15) is 6.79 Å². The van der Waals surface area contributed by atoms with E-state index in [0.29, 0.717) is 19.8 Å². The van der Waals surface area contributed by atoms with Gasteiger partial charge in [-0.05, 0) is 0 Å². The van der Waals surface area contributed by atoms with Crippen molar-refractivity contribution >= 4 is 15.9 Å². The zero-order valence-corrected chi connectivity index (χ0v) is 8.22. The molecular weight excluding hydrogens is 212 g/mol. The van der Waals surface area contributed by atoms with E-state index in [4.69, 9.17) is 14.2 Å². The van der Waals surface area contributed by atoms with Crippen LogP contribution in [-0.2, 0) is 14.2 Å². The van der Waals surface area contributed by atoms with Crippen molar-refractivity contribution in [2.75, 3.05) is 33.7 Å². The van der Waals surface area contributed by atoms with Gasteiger partial charge in [0.25, 0.3) is 0 Å². The second-order valence-electron chi connectivity index (χ2n) is 1.88. The van der Waals surface area contributed by atoms with Gasteiger partial charge in [0.05, 0.1) is 19.8 Å². The summed E-state index contributed by atoms with van der Waals surface area (Å²) in [6.45, 7) is 5.52. The smallest absolute Gasteiger partial charge is 0.147 e. The van der Waals surface area contributed by atoms with E-state index in [9.17, 15) is 0 Å². The fourth-order valence-electron chi connectivity index (χ4n) is 0.413. The van der Waals surface area contributed by atoms with Crippen LogP contribution in [0.5, 0.6) is 0 Å². The normalized spacial score (nSPS) is 10.0. The number of methoxy groups -OCH3 is 1. The predicted molar refractivity (Wildman–Crippen MR) is 46.7 cm³/mol. The lowest BCUT2D eigenvalue weighted by Crippen LogP contribution is -2.06. The number of halogens is 1. The lowest BCUT2D eigenvalue weighted by Gasteiger charge is -2.03. The third-order valence-corrected chi connectivity index (χ3v) is 1.09. The number of rotatable bonds is 7. The summed E-state index contributed by atoms with van der Waals surface area (Å²) in [7, 11) is 1.63. The molecule has 4 heteroatoms. The van der Waals surface area contributed by atoms with Crippen molar-refractivity contribution in [3.63, 3.8) is 0 Å². The molecule has 0 radical (unpaired) electrons. The molecule has 0 atom stereocenters. The van der Waals surface area contributed by atoms with E-state index >= 15 is 0 Å². The van der Waals surface area contributed by atoms with Gasteiger partial charge in [0.2, 0.25) is 0 Å². The van der Waals surface area contributed by atoms with Crippen LogP contribution < -0.4 is 0 Å². The molecule has 0 saturated carbocycles. The molecule has 0 heterocycles. The Kier molecular flexibility index (Phi) is 8.27. The molecule has 0 rings (SSSR count). The molecule has 0 fully saturated rings. The first-order valence-corrected chi connectivity index (χ1v) is 4.04. The summed E-state index contributed by atoms with van der Waals surface area (Å²) in [6.07, 6.45) is 0. The van der Waals surface area contributed by atoms with Gasteiger partial charge >= 0.3 is 0 Å². The average Bonchev–Trinajstić information content (AvgIpc) is 1.96. The molecule has 0 aromatic heterocycles. The first kappa shape index (κ1) is 11.1. The van der Waals surface area contributed by atoms with E-state index in [2.05, 4.69) is 22.5 Å². The largest absolute Gasteiger partial charge is 0.382 e. The van der Waals surface area contributed by atoms with Gasteiger partial charge in [-0.15, -0.1) is 0 Å². The van der Waals surface area contributed by atoms with Gasteiger partial charge in [-0.1, -0.05) is 22.5 Å². The summed E-state index contributed by atoms with van der Waals surface area (Å²) in [6, 6.07) is 0. The summed E-state index contributed by atoms with van der Waals surface area (Å²) in [5.74, 6) is 0. The van der Waals surface area contributed by atoms with Crippen LogP contribution in [0.25, 0.3) is 0 Å². The van der Waals surface area contributed by atoms with Crippen LogP contribution in [0, 0.1) is 0 Å². The molecule has 0 aliphatic heterocycles. The van der Waals surface area contributed by atoms with Gasteiger partial charge in [0.15, 0.2) is 0 Å². The zero-order valence-electron chi connectivity index (χ0n) is 6.64. The lowest BCUT2D eigenvalue weighted by molar-refractivity contribution is -0.0575. The Hall–Kier alpha value is 0.1000. The Bertz CT molecular complexity index is 106. The van der Waals surface area contributed by atoms with Crippen LogP contribution in [0.3, 0.4) is 0 Å². The molecule has 0 aliphatic rings. The molecule has 0 unspecified atom stereocenters. The molecule has 0 aromatic rings. The molecule has 0 aliphatic carbocycles. The minimum atomic E-state index is 0.286. The molecular formula is C7H13BrO3. The highest BCUT2D eigenvalue weighted by Gasteiger charge is 1.88. The summed E-state index contributed by atoms with van der Waals surface area (Å²) in [5.41, 5.74) is 0. The van der Waals surface area contributed by atoms with Crippen LogP contribution in [0.2, 0.25) is 0 Å². The third-order valence-electron chi connectivity index (χ3n) is 0.857. The monoisotopic (exact) mass is 224 g/mol. The fraction of sp³-hybridized carbons (Fsp3) is 0.714. The van der Waals surface area contributed by atoms with Crippen LogP contribution >= 0.6 is 15.9 Å². The van der Waals surface area contributed by atoms with Crippen molar-refractivity contribution in [1.29, 1.82) is 0 Å². The molecule has 0 amide bonds. The second kappa shape index (κ2) is 8.20. The topological polar surface area (TPSA) is 27.7 Å². The number of hydrogen-bond acceptors (Lipinski definition) is 3. The quantitative estimate of drug-likeness (QED) is 0.485.